The van der Waals surface area contributed by atoms with Gasteiger partial charge < -0.3 is 20.5 Å². The maximum Gasteiger partial charge on any atom is 0.289 e. The predicted octanol–water partition coefficient (Wildman–Crippen LogP) is 3.54. The van der Waals surface area contributed by atoms with Crippen LogP contribution in [0, 0.1) is 11.8 Å². The molecule has 1 aliphatic carbocycles. The second kappa shape index (κ2) is 12.5. The van der Waals surface area contributed by atoms with E-state index in [4.69, 9.17) is 0 Å². The van der Waals surface area contributed by atoms with Crippen LogP contribution in [0.5, 0.6) is 0 Å². The monoisotopic (exact) mass is 556 g/mol. The van der Waals surface area contributed by atoms with Gasteiger partial charge in [0.15, 0.2) is 0 Å². The van der Waals surface area contributed by atoms with Crippen molar-refractivity contribution in [3.63, 3.8) is 0 Å². The van der Waals surface area contributed by atoms with Crippen LogP contribution in [0.1, 0.15) is 61.5 Å². The first-order valence-corrected chi connectivity index (χ1v) is 14.4. The third-order valence-corrected chi connectivity index (χ3v) is 8.39. The molecule has 1 saturated carbocycles. The second-order valence-electron chi connectivity index (χ2n) is 11.1. The summed E-state index contributed by atoms with van der Waals surface area (Å²) in [4.78, 5) is 70.7. The molecular formula is C32H36N4O5. The first kappa shape index (κ1) is 28.3. The fraction of sp³-hybridized carbons (Fsp3) is 0.406. The number of aromatic amines is 1. The summed E-state index contributed by atoms with van der Waals surface area (Å²) in [5, 5.41) is 6.33. The molecular weight excluding hydrogens is 520 g/mol. The van der Waals surface area contributed by atoms with Crippen LogP contribution in [-0.2, 0) is 25.7 Å². The Bertz CT molecular complexity index is 1420. The number of amides is 3. The van der Waals surface area contributed by atoms with Gasteiger partial charge >= 0.3 is 0 Å². The molecule has 3 aromatic rings. The van der Waals surface area contributed by atoms with E-state index in [2.05, 4.69) is 15.6 Å². The van der Waals surface area contributed by atoms with Crippen LogP contribution < -0.4 is 10.6 Å². The van der Waals surface area contributed by atoms with Crippen LogP contribution in [0.3, 0.4) is 0 Å². The van der Waals surface area contributed by atoms with Crippen molar-refractivity contribution in [2.45, 2.75) is 64.1 Å². The highest BCUT2D eigenvalue weighted by Crippen LogP contribution is 2.30. The van der Waals surface area contributed by atoms with E-state index in [9.17, 15) is 24.0 Å². The summed E-state index contributed by atoms with van der Waals surface area (Å²) in [7, 11) is 0. The number of H-pyrrole nitrogens is 1. The second-order valence-corrected chi connectivity index (χ2v) is 11.1. The molecule has 2 fully saturated rings. The lowest BCUT2D eigenvalue weighted by Crippen LogP contribution is -2.54. The number of carbonyl (C=O) groups is 5. The number of aromatic nitrogens is 1. The Morgan fingerprint density at radius 1 is 1.05 bits per heavy atom. The zero-order chi connectivity index (χ0) is 28.9. The molecule has 1 aliphatic heterocycles. The Balaban J connectivity index is 1.33. The molecule has 214 valence electrons. The van der Waals surface area contributed by atoms with Crippen molar-refractivity contribution in [2.75, 3.05) is 6.54 Å². The SMILES string of the molecule is CC[C@@H]1C[C@@H](C(=O)N[C@@H](C[C@@H]2CCCC2=O)C(=O)C(=O)NCc2ccccc2)N(C(=O)c2cc3ccccc3[nH]2)C1. The summed E-state index contributed by atoms with van der Waals surface area (Å²) >= 11 is 0. The highest BCUT2D eigenvalue weighted by atomic mass is 16.2. The van der Waals surface area contributed by atoms with Crippen molar-refractivity contribution in [3.05, 3.63) is 71.9 Å². The molecule has 4 atom stereocenters. The molecule has 41 heavy (non-hydrogen) atoms. The molecule has 3 amide bonds. The molecule has 5 rings (SSSR count). The topological polar surface area (TPSA) is 128 Å². The van der Waals surface area contributed by atoms with Crippen LogP contribution in [0.25, 0.3) is 10.9 Å². The molecule has 0 spiro atoms. The molecule has 2 aliphatic rings. The average molecular weight is 557 g/mol. The predicted molar refractivity (Wildman–Crippen MR) is 154 cm³/mol. The van der Waals surface area contributed by atoms with Crippen LogP contribution >= 0.6 is 0 Å². The fourth-order valence-corrected chi connectivity index (χ4v) is 5.98. The van der Waals surface area contributed by atoms with Crippen molar-refractivity contribution in [1.29, 1.82) is 0 Å². The van der Waals surface area contributed by atoms with E-state index in [1.165, 1.54) is 0 Å². The molecule has 0 radical (unpaired) electrons. The van der Waals surface area contributed by atoms with E-state index < -0.39 is 29.7 Å². The molecule has 1 aromatic heterocycles. The van der Waals surface area contributed by atoms with Gasteiger partial charge in [0.1, 0.15) is 17.5 Å². The van der Waals surface area contributed by atoms with Gasteiger partial charge in [0.2, 0.25) is 11.7 Å². The minimum absolute atomic E-state index is 0.0456. The number of benzene rings is 2. The fourth-order valence-electron chi connectivity index (χ4n) is 5.98. The van der Waals surface area contributed by atoms with E-state index in [1.54, 1.807) is 11.0 Å². The summed E-state index contributed by atoms with van der Waals surface area (Å²) in [6.07, 6.45) is 3.11. The third-order valence-electron chi connectivity index (χ3n) is 8.39. The molecule has 9 nitrogen and oxygen atoms in total. The number of para-hydroxylation sites is 1. The van der Waals surface area contributed by atoms with Crippen LogP contribution in [-0.4, -0.2) is 57.8 Å². The standard InChI is InChI=1S/C32H36N4O5/c1-2-20-15-27(36(19-20)32(41)26-16-22-11-6-7-13-24(22)34-26)30(39)35-25(17-23-12-8-14-28(23)37)29(38)31(40)33-18-21-9-4-3-5-10-21/h3-7,9-11,13,16,20,23,25,27,34H,2,8,12,14-15,17-19H2,1H3,(H,33,40)(H,35,39)/t20-,23+,25+,27+/m1/s1. The molecule has 2 heterocycles. The van der Waals surface area contributed by atoms with Gasteiger partial charge in [-0.1, -0.05) is 61.9 Å². The number of rotatable bonds is 10. The number of carbonyl (C=O) groups excluding carboxylic acids is 5. The number of nitrogens with zero attached hydrogens (tertiary/aromatic N) is 1. The zero-order valence-electron chi connectivity index (χ0n) is 23.2. The Hall–Kier alpha value is -4.27. The van der Waals surface area contributed by atoms with Crippen LogP contribution in [0.15, 0.2) is 60.7 Å². The Kier molecular flexibility index (Phi) is 8.61. The lowest BCUT2D eigenvalue weighted by atomic mass is 9.94. The summed E-state index contributed by atoms with van der Waals surface area (Å²) in [5.74, 6) is -2.58. The number of ketones is 2. The van der Waals surface area contributed by atoms with Crippen LogP contribution in [0.4, 0.5) is 0 Å². The van der Waals surface area contributed by atoms with Gasteiger partial charge in [-0.3, -0.25) is 24.0 Å². The van der Waals surface area contributed by atoms with Crippen molar-refractivity contribution in [1.82, 2.24) is 20.5 Å². The van der Waals surface area contributed by atoms with Crippen LogP contribution in [0.2, 0.25) is 0 Å². The van der Waals surface area contributed by atoms with Gasteiger partial charge in [0, 0.05) is 36.3 Å². The molecule has 2 aromatic carbocycles. The van der Waals surface area contributed by atoms with Gasteiger partial charge in [-0.2, -0.15) is 0 Å². The van der Waals surface area contributed by atoms with Gasteiger partial charge in [-0.15, -0.1) is 0 Å². The van der Waals surface area contributed by atoms with Crippen molar-refractivity contribution < 1.29 is 24.0 Å². The minimum Gasteiger partial charge on any atom is -0.351 e. The van der Waals surface area contributed by atoms with Gasteiger partial charge in [-0.25, -0.2) is 0 Å². The highest BCUT2D eigenvalue weighted by molar-refractivity contribution is 6.38. The lowest BCUT2D eigenvalue weighted by Gasteiger charge is -2.26. The molecule has 1 saturated heterocycles. The Labute approximate surface area is 239 Å². The largest absolute Gasteiger partial charge is 0.351 e. The van der Waals surface area contributed by atoms with Crippen molar-refractivity contribution in [2.24, 2.45) is 11.8 Å². The van der Waals surface area contributed by atoms with E-state index in [1.807, 2.05) is 61.5 Å². The van der Waals surface area contributed by atoms with Gasteiger partial charge in [-0.05, 0) is 49.3 Å². The Morgan fingerprint density at radius 2 is 1.80 bits per heavy atom. The van der Waals surface area contributed by atoms with E-state index in [0.29, 0.717) is 31.5 Å². The molecule has 0 unspecified atom stereocenters. The number of Topliss-reactive ketones (excluding diaryl/α,β-unsaturated/α-hetero) is 2. The summed E-state index contributed by atoms with van der Waals surface area (Å²) in [6.45, 7) is 2.60. The first-order valence-electron chi connectivity index (χ1n) is 14.4. The zero-order valence-corrected chi connectivity index (χ0v) is 23.2. The van der Waals surface area contributed by atoms with Gasteiger partial charge in [0.25, 0.3) is 11.8 Å². The van der Waals surface area contributed by atoms with Crippen molar-refractivity contribution in [3.8, 4) is 0 Å². The smallest absolute Gasteiger partial charge is 0.289 e. The third kappa shape index (κ3) is 6.39. The summed E-state index contributed by atoms with van der Waals surface area (Å²) in [6, 6.07) is 16.6. The molecule has 9 heteroatoms. The normalized spacial score (nSPS) is 21.1. The molecule has 0 bridgehead atoms. The van der Waals surface area contributed by atoms with E-state index >= 15 is 0 Å². The van der Waals surface area contributed by atoms with E-state index in [0.717, 1.165) is 29.3 Å². The van der Waals surface area contributed by atoms with Gasteiger partial charge in [0.05, 0.1) is 6.04 Å². The van der Waals surface area contributed by atoms with Crippen molar-refractivity contribution >= 4 is 40.2 Å². The number of nitrogens with one attached hydrogen (secondary N) is 3. The quantitative estimate of drug-likeness (QED) is 0.329. The minimum atomic E-state index is -1.16. The first-order chi connectivity index (χ1) is 19.8. The number of likely N-dealkylation sites (tertiary alicyclic amines) is 1. The number of fused-ring (bicyclic) bond motifs is 1. The maximum absolute atomic E-state index is 13.7. The van der Waals surface area contributed by atoms with E-state index in [-0.39, 0.29) is 36.5 Å². The number of hydrogen-bond acceptors (Lipinski definition) is 5. The Morgan fingerprint density at radius 3 is 2.51 bits per heavy atom. The molecule has 3 N–H and O–H groups in total. The summed E-state index contributed by atoms with van der Waals surface area (Å²) in [5.41, 5.74) is 2.06. The highest BCUT2D eigenvalue weighted by Gasteiger charge is 2.42. The maximum atomic E-state index is 13.7. The lowest BCUT2D eigenvalue weighted by molar-refractivity contribution is -0.141. The summed E-state index contributed by atoms with van der Waals surface area (Å²) < 4.78 is 0. The number of hydrogen-bond donors (Lipinski definition) is 3. The average Bonchev–Trinajstić information content (AvgIpc) is 3.73.